The maximum absolute atomic E-state index is 5.45. The van der Waals surface area contributed by atoms with Gasteiger partial charge in [0.25, 0.3) is 0 Å². The van der Waals surface area contributed by atoms with Crippen molar-refractivity contribution in [2.45, 2.75) is 12.8 Å². The Bertz CT molecular complexity index is 881. The Balaban J connectivity index is 1.56. The Hall–Kier alpha value is -3.14. The van der Waals surface area contributed by atoms with Crippen LogP contribution in [0.5, 0.6) is 11.5 Å². The van der Waals surface area contributed by atoms with Crippen LogP contribution in [0.15, 0.2) is 23.3 Å². The van der Waals surface area contributed by atoms with E-state index in [4.69, 9.17) is 19.2 Å². The predicted octanol–water partition coefficient (Wildman–Crippen LogP) is 1.77. The molecule has 4 rings (SSSR count). The van der Waals surface area contributed by atoms with Gasteiger partial charge in [-0.3, -0.25) is 0 Å². The van der Waals surface area contributed by atoms with Crippen LogP contribution in [-0.4, -0.2) is 74.8 Å². The summed E-state index contributed by atoms with van der Waals surface area (Å²) in [5.74, 6) is 3.16. The van der Waals surface area contributed by atoms with Gasteiger partial charge >= 0.3 is 0 Å². The van der Waals surface area contributed by atoms with Crippen molar-refractivity contribution in [1.82, 2.24) is 15.0 Å². The number of hydrazone groups is 1. The minimum Gasteiger partial charge on any atom is -0.497 e. The number of benzene rings is 1. The summed E-state index contributed by atoms with van der Waals surface area (Å²) in [5.41, 5.74) is 3.74. The molecule has 0 bridgehead atoms. The third-order valence-corrected chi connectivity index (χ3v) is 5.10. The van der Waals surface area contributed by atoms with Crippen LogP contribution in [0.2, 0.25) is 0 Å². The molecule has 0 amide bonds. The molecular weight excluding hydrogens is 386 g/mol. The molecule has 30 heavy (non-hydrogen) atoms. The van der Waals surface area contributed by atoms with Crippen molar-refractivity contribution in [2.75, 3.05) is 68.8 Å². The highest BCUT2D eigenvalue weighted by atomic mass is 16.5. The van der Waals surface area contributed by atoms with E-state index in [1.165, 1.54) is 0 Å². The largest absolute Gasteiger partial charge is 0.497 e. The zero-order valence-corrected chi connectivity index (χ0v) is 17.4. The minimum atomic E-state index is 0.409. The zero-order valence-electron chi connectivity index (χ0n) is 17.4. The first kappa shape index (κ1) is 20.1. The predicted molar refractivity (Wildman–Crippen MR) is 115 cm³/mol. The molecule has 2 saturated heterocycles. The van der Waals surface area contributed by atoms with E-state index < -0.39 is 0 Å². The van der Waals surface area contributed by atoms with E-state index in [-0.39, 0.29) is 0 Å². The number of nitrogens with zero attached hydrogens (tertiary/aromatic N) is 6. The first-order valence-corrected chi connectivity index (χ1v) is 10.1. The van der Waals surface area contributed by atoms with Crippen LogP contribution >= 0.6 is 0 Å². The molecule has 0 atom stereocenters. The molecule has 3 heterocycles. The monoisotopic (exact) mass is 413 g/mol. The number of hydrogen-bond donors (Lipinski definition) is 1. The van der Waals surface area contributed by atoms with Crippen LogP contribution in [0, 0.1) is 0 Å². The Labute approximate surface area is 175 Å². The molecule has 1 N–H and O–H groups in total. The second kappa shape index (κ2) is 9.57. The number of anilines is 3. The Morgan fingerprint density at radius 1 is 0.967 bits per heavy atom. The van der Waals surface area contributed by atoms with Gasteiger partial charge in [0.15, 0.2) is 0 Å². The maximum atomic E-state index is 5.45. The standard InChI is InChI=1S/C20H27N7O3/c1-28-16-5-6-17(29-2)15(13-16)14-21-25-18-22-19(26-7-3-4-8-26)24-20(23-18)27-9-11-30-12-10-27/h5-6,13-14H,3-4,7-12H2,1-2H3,(H,22,23,24,25)/b21-14-. The summed E-state index contributed by atoms with van der Waals surface area (Å²) in [4.78, 5) is 18.2. The van der Waals surface area contributed by atoms with Crippen LogP contribution in [0.1, 0.15) is 18.4 Å². The molecule has 0 unspecified atom stereocenters. The number of aromatic nitrogens is 3. The molecule has 0 radical (unpaired) electrons. The molecule has 10 heteroatoms. The second-order valence-electron chi connectivity index (χ2n) is 7.03. The van der Waals surface area contributed by atoms with Crippen molar-refractivity contribution < 1.29 is 14.2 Å². The summed E-state index contributed by atoms with van der Waals surface area (Å²) in [5, 5.41) is 4.32. The molecule has 160 valence electrons. The zero-order chi connectivity index (χ0) is 20.8. The summed E-state index contributed by atoms with van der Waals surface area (Å²) in [7, 11) is 3.24. The fraction of sp³-hybridized carbons (Fsp3) is 0.500. The quantitative estimate of drug-likeness (QED) is 0.538. The van der Waals surface area contributed by atoms with Gasteiger partial charge in [-0.05, 0) is 31.0 Å². The highest BCUT2D eigenvalue weighted by molar-refractivity contribution is 5.84. The molecule has 1 aromatic carbocycles. The van der Waals surface area contributed by atoms with Crippen LogP contribution in [0.25, 0.3) is 0 Å². The molecule has 2 fully saturated rings. The fourth-order valence-electron chi connectivity index (χ4n) is 3.47. The second-order valence-corrected chi connectivity index (χ2v) is 7.03. The molecule has 0 aliphatic carbocycles. The van der Waals surface area contributed by atoms with E-state index in [1.54, 1.807) is 20.4 Å². The number of hydrogen-bond acceptors (Lipinski definition) is 10. The molecule has 0 spiro atoms. The highest BCUT2D eigenvalue weighted by Crippen LogP contribution is 2.23. The van der Waals surface area contributed by atoms with Crippen molar-refractivity contribution >= 4 is 24.1 Å². The Kier molecular flexibility index (Phi) is 6.43. The van der Waals surface area contributed by atoms with Gasteiger partial charge in [-0.1, -0.05) is 0 Å². The van der Waals surface area contributed by atoms with Gasteiger partial charge < -0.3 is 24.0 Å². The third kappa shape index (κ3) is 4.70. The number of methoxy groups -OCH3 is 2. The smallest absolute Gasteiger partial charge is 0.250 e. The molecule has 0 saturated carbocycles. The Morgan fingerprint density at radius 2 is 1.67 bits per heavy atom. The lowest BCUT2D eigenvalue weighted by Gasteiger charge is -2.27. The lowest BCUT2D eigenvalue weighted by Crippen LogP contribution is -2.38. The number of rotatable bonds is 7. The Morgan fingerprint density at radius 3 is 2.33 bits per heavy atom. The summed E-state index contributed by atoms with van der Waals surface area (Å²) in [6, 6.07) is 5.53. The van der Waals surface area contributed by atoms with Gasteiger partial charge in [0.2, 0.25) is 17.8 Å². The van der Waals surface area contributed by atoms with E-state index in [9.17, 15) is 0 Å². The summed E-state index contributed by atoms with van der Waals surface area (Å²) < 4.78 is 16.1. The minimum absolute atomic E-state index is 0.409. The first-order valence-electron chi connectivity index (χ1n) is 10.1. The van der Waals surface area contributed by atoms with Crippen molar-refractivity contribution in [1.29, 1.82) is 0 Å². The van der Waals surface area contributed by atoms with Gasteiger partial charge in [-0.25, -0.2) is 5.43 Å². The van der Waals surface area contributed by atoms with Crippen LogP contribution < -0.4 is 24.7 Å². The SMILES string of the molecule is COc1ccc(OC)c(/C=N\Nc2nc(N3CCCC3)nc(N3CCOCC3)n2)c1. The van der Waals surface area contributed by atoms with Crippen LogP contribution in [-0.2, 0) is 4.74 Å². The van der Waals surface area contributed by atoms with E-state index in [1.807, 2.05) is 18.2 Å². The van der Waals surface area contributed by atoms with Crippen LogP contribution in [0.3, 0.4) is 0 Å². The van der Waals surface area contributed by atoms with Gasteiger partial charge in [0, 0.05) is 31.7 Å². The lowest BCUT2D eigenvalue weighted by molar-refractivity contribution is 0.122. The highest BCUT2D eigenvalue weighted by Gasteiger charge is 2.21. The van der Waals surface area contributed by atoms with E-state index in [0.717, 1.165) is 50.3 Å². The molecule has 10 nitrogen and oxygen atoms in total. The molecular formula is C20H27N7O3. The third-order valence-electron chi connectivity index (χ3n) is 5.10. The molecule has 1 aromatic heterocycles. The molecule has 2 aromatic rings. The molecule has 2 aliphatic heterocycles. The van der Waals surface area contributed by atoms with Crippen molar-refractivity contribution in [2.24, 2.45) is 5.10 Å². The summed E-state index contributed by atoms with van der Waals surface area (Å²) >= 11 is 0. The van der Waals surface area contributed by atoms with E-state index >= 15 is 0 Å². The summed E-state index contributed by atoms with van der Waals surface area (Å²) in [6.45, 7) is 4.76. The number of ether oxygens (including phenoxy) is 3. The van der Waals surface area contributed by atoms with Crippen molar-refractivity contribution in [3.63, 3.8) is 0 Å². The average molecular weight is 413 g/mol. The fourth-order valence-corrected chi connectivity index (χ4v) is 3.47. The van der Waals surface area contributed by atoms with E-state index in [0.29, 0.717) is 36.8 Å². The van der Waals surface area contributed by atoms with Crippen LogP contribution in [0.4, 0.5) is 17.8 Å². The van der Waals surface area contributed by atoms with Gasteiger partial charge in [-0.15, -0.1) is 0 Å². The van der Waals surface area contributed by atoms with Gasteiger partial charge in [-0.2, -0.15) is 20.1 Å². The normalized spacial score (nSPS) is 16.9. The van der Waals surface area contributed by atoms with Gasteiger partial charge in [0.1, 0.15) is 11.5 Å². The van der Waals surface area contributed by atoms with Crippen molar-refractivity contribution in [3.05, 3.63) is 23.8 Å². The van der Waals surface area contributed by atoms with E-state index in [2.05, 4.69) is 30.3 Å². The average Bonchev–Trinajstić information content (AvgIpc) is 3.34. The lowest BCUT2D eigenvalue weighted by atomic mass is 10.2. The maximum Gasteiger partial charge on any atom is 0.250 e. The van der Waals surface area contributed by atoms with Crippen molar-refractivity contribution in [3.8, 4) is 11.5 Å². The molecule has 2 aliphatic rings. The number of nitrogens with one attached hydrogen (secondary N) is 1. The topological polar surface area (TPSA) is 97.2 Å². The summed E-state index contributed by atoms with van der Waals surface area (Å²) in [6.07, 6.45) is 3.96. The first-order chi connectivity index (χ1) is 14.8. The number of morpholine rings is 1. The van der Waals surface area contributed by atoms with Gasteiger partial charge in [0.05, 0.1) is 33.6 Å².